The van der Waals surface area contributed by atoms with Gasteiger partial charge in [0.05, 0.1) is 0 Å². The molecular formula is C58H60O2. The zero-order chi connectivity index (χ0) is 43.2. The van der Waals surface area contributed by atoms with Crippen molar-refractivity contribution >= 4 is 5.97 Å². The highest BCUT2D eigenvalue weighted by Crippen LogP contribution is 2.16. The molecule has 60 heavy (non-hydrogen) atoms. The largest absolute Gasteiger partial charge is 0.371 e. The normalized spacial score (nSPS) is 7.93. The van der Waals surface area contributed by atoms with Crippen molar-refractivity contribution in [1.82, 2.24) is 0 Å². The number of rotatable bonds is 28. The highest BCUT2D eigenvalue weighted by Gasteiger charge is 2.01. The Hall–Kier alpha value is -6.69. The van der Waals surface area contributed by atoms with Crippen LogP contribution in [0.3, 0.4) is 0 Å². The highest BCUT2D eigenvalue weighted by atomic mass is 16.5. The molecule has 0 heterocycles. The lowest BCUT2D eigenvalue weighted by atomic mass is 10.0. The third-order valence-corrected chi connectivity index (χ3v) is 8.77. The summed E-state index contributed by atoms with van der Waals surface area (Å²) in [5.41, 5.74) is 0. The summed E-state index contributed by atoms with van der Waals surface area (Å²) in [4.78, 5) is 11.9. The molecule has 0 radical (unpaired) electrons. The molecule has 0 amide bonds. The summed E-state index contributed by atoms with van der Waals surface area (Å²) in [6.07, 6.45) is 44.4. The van der Waals surface area contributed by atoms with Gasteiger partial charge >= 0.3 is 5.97 Å². The first-order valence-corrected chi connectivity index (χ1v) is 22.0. The number of esters is 1. The van der Waals surface area contributed by atoms with Crippen LogP contribution in [0.15, 0.2) is 0 Å². The zero-order valence-electron chi connectivity index (χ0n) is 36.2. The third-order valence-electron chi connectivity index (χ3n) is 8.77. The van der Waals surface area contributed by atoms with Gasteiger partial charge in [0.1, 0.15) is 6.11 Å². The molecule has 2 nitrogen and oxygen atoms in total. The van der Waals surface area contributed by atoms with Crippen LogP contribution >= 0.6 is 0 Å². The molecular weight excluding hydrogens is 729 g/mol. The van der Waals surface area contributed by atoms with Gasteiger partial charge < -0.3 is 4.74 Å². The van der Waals surface area contributed by atoms with Crippen LogP contribution in [-0.4, -0.2) is 5.97 Å². The van der Waals surface area contributed by atoms with E-state index in [0.717, 1.165) is 19.3 Å². The summed E-state index contributed by atoms with van der Waals surface area (Å²) in [5, 5.41) is 0. The summed E-state index contributed by atoms with van der Waals surface area (Å²) in [6, 6.07) is 0. The molecule has 0 fully saturated rings. The van der Waals surface area contributed by atoms with Crippen LogP contribution in [0.5, 0.6) is 0 Å². The van der Waals surface area contributed by atoms with Crippen molar-refractivity contribution in [1.29, 1.82) is 0 Å². The minimum atomic E-state index is -0.327. The molecule has 0 unspecified atom stereocenters. The average molecular weight is 789 g/mol. The van der Waals surface area contributed by atoms with Gasteiger partial charge in [-0.05, 0) is 53.8 Å². The van der Waals surface area contributed by atoms with Crippen LogP contribution in [0.4, 0.5) is 0 Å². The van der Waals surface area contributed by atoms with E-state index >= 15 is 0 Å². The van der Waals surface area contributed by atoms with Gasteiger partial charge in [0.15, 0.2) is 0 Å². The summed E-state index contributed by atoms with van der Waals surface area (Å²) in [5.74, 6) is 64.2. The lowest BCUT2D eigenvalue weighted by Crippen LogP contribution is -1.99. The van der Waals surface area contributed by atoms with E-state index in [4.69, 9.17) is 11.2 Å². The van der Waals surface area contributed by atoms with Crippen LogP contribution < -0.4 is 0 Å². The molecule has 0 aliphatic rings. The highest BCUT2D eigenvalue weighted by molar-refractivity contribution is 5.70. The molecule has 2 heteroatoms. The number of terminal acetylenes is 1. The summed E-state index contributed by atoms with van der Waals surface area (Å²) in [6.45, 7) is 2.29. The second kappa shape index (κ2) is 50.3. The topological polar surface area (TPSA) is 26.3 Å². The summed E-state index contributed by atoms with van der Waals surface area (Å²) < 4.78 is 4.90. The van der Waals surface area contributed by atoms with E-state index in [-0.39, 0.29) is 5.97 Å². The Balaban J connectivity index is 3.71. The number of unbranched alkanes of at least 4 members (excludes halogenated alkanes) is 26. The van der Waals surface area contributed by atoms with E-state index in [1.807, 2.05) is 0 Å². The van der Waals surface area contributed by atoms with E-state index in [0.29, 0.717) is 6.42 Å². The Kier molecular flexibility index (Phi) is 44.7. The molecule has 304 valence electrons. The van der Waals surface area contributed by atoms with Gasteiger partial charge in [-0.25, -0.2) is 0 Å². The van der Waals surface area contributed by atoms with Crippen LogP contribution in [0.25, 0.3) is 0 Å². The molecule has 0 rings (SSSR count). The smallest absolute Gasteiger partial charge is 0.319 e. The van der Waals surface area contributed by atoms with Gasteiger partial charge in [-0.15, -0.1) is 6.42 Å². The first-order chi connectivity index (χ1) is 29.8. The molecule has 0 aromatic rings. The van der Waals surface area contributed by atoms with Crippen molar-refractivity contribution in [3.05, 3.63) is 0 Å². The number of hydrogen-bond acceptors (Lipinski definition) is 2. The second-order valence-corrected chi connectivity index (χ2v) is 13.8. The fraction of sp³-hybridized carbons (Fsp3) is 0.500. The van der Waals surface area contributed by atoms with Crippen molar-refractivity contribution in [2.24, 2.45) is 0 Å². The molecule has 0 bridgehead atoms. The van der Waals surface area contributed by atoms with E-state index in [9.17, 15) is 4.79 Å². The van der Waals surface area contributed by atoms with E-state index < -0.39 is 0 Å². The maximum Gasteiger partial charge on any atom is 0.319 e. The maximum absolute atomic E-state index is 11.9. The predicted molar refractivity (Wildman–Crippen MR) is 251 cm³/mol. The van der Waals surface area contributed by atoms with Crippen LogP contribution in [0.1, 0.15) is 187 Å². The van der Waals surface area contributed by atoms with Gasteiger partial charge in [0.25, 0.3) is 0 Å². The SMILES string of the molecule is C#CC#CC#CC#CC#CC#CC#CC#CC#CC#CC#CC#CC#CC#COC(=O)CCCCCCCCCCCCCCCCCCCCCCCCCCCCC. The van der Waals surface area contributed by atoms with Crippen molar-refractivity contribution < 1.29 is 9.53 Å². The summed E-state index contributed by atoms with van der Waals surface area (Å²) >= 11 is 0. The zero-order valence-corrected chi connectivity index (χ0v) is 36.2. The Bertz CT molecular complexity index is 2120. The third kappa shape index (κ3) is 49.3. The van der Waals surface area contributed by atoms with Gasteiger partial charge in [0.2, 0.25) is 0 Å². The number of carbonyl (C=O) groups excluding carboxylic acids is 1. The van der Waals surface area contributed by atoms with Crippen molar-refractivity contribution in [2.75, 3.05) is 0 Å². The molecule has 0 atom stereocenters. The molecule has 0 aromatic heterocycles. The predicted octanol–water partition coefficient (Wildman–Crippen LogP) is 11.1. The molecule has 0 aromatic carbocycles. The minimum Gasteiger partial charge on any atom is -0.371 e. The lowest BCUT2D eigenvalue weighted by molar-refractivity contribution is -0.136. The second-order valence-electron chi connectivity index (χ2n) is 13.8. The van der Waals surface area contributed by atoms with Crippen molar-refractivity contribution in [3.63, 3.8) is 0 Å². The van der Waals surface area contributed by atoms with Crippen LogP contribution in [-0.2, 0) is 9.53 Å². The van der Waals surface area contributed by atoms with Gasteiger partial charge in [-0.2, -0.15) is 0 Å². The first-order valence-electron chi connectivity index (χ1n) is 22.0. The van der Waals surface area contributed by atoms with Gasteiger partial charge in [0, 0.05) is 113 Å². The maximum atomic E-state index is 11.9. The molecule has 0 spiro atoms. The Morgan fingerprint density at radius 1 is 0.300 bits per heavy atom. The molecule has 0 aliphatic heterocycles. The standard InChI is InChI=1S/C58H60O2/c1-3-5-7-9-11-13-15-17-19-21-23-25-27-29-31-32-34-36-38-40-42-44-46-48-50-52-54-56-58(59)60-57-55-53-51-49-47-45-43-41-39-37-35-33-30-28-26-24-22-20-18-16-14-12-10-8-6-4-2/h2H,3,5,7,9,11,13,15,17,19,21,23,25,27,29,31-32,34,36,38,40,42,44,46,48,50,52,54,56H2,1H3. The van der Waals surface area contributed by atoms with Crippen LogP contribution in [0.2, 0.25) is 0 Å². The number of carbonyl (C=O) groups is 1. The van der Waals surface area contributed by atoms with Gasteiger partial charge in [-0.3, -0.25) is 4.79 Å². The lowest BCUT2D eigenvalue weighted by Gasteiger charge is -2.04. The Morgan fingerprint density at radius 2 is 0.500 bits per heavy atom. The quantitative estimate of drug-likeness (QED) is 0.0448. The van der Waals surface area contributed by atoms with Crippen LogP contribution in [0, 0.1) is 166 Å². The minimum absolute atomic E-state index is 0.327. The first kappa shape index (κ1) is 53.3. The number of ether oxygens (including phenoxy) is 1. The molecule has 0 saturated heterocycles. The monoisotopic (exact) mass is 788 g/mol. The average Bonchev–Trinajstić information content (AvgIpc) is 3.25. The molecule has 0 N–H and O–H groups in total. The number of hydrogen-bond donors (Lipinski definition) is 0. The van der Waals surface area contributed by atoms with Crippen molar-refractivity contribution in [2.45, 2.75) is 187 Å². The van der Waals surface area contributed by atoms with E-state index in [1.54, 1.807) is 0 Å². The molecule has 0 saturated carbocycles. The van der Waals surface area contributed by atoms with E-state index in [2.05, 4.69) is 167 Å². The van der Waals surface area contributed by atoms with Crippen molar-refractivity contribution in [3.8, 4) is 166 Å². The molecule has 0 aliphatic carbocycles. The fourth-order valence-electron chi connectivity index (χ4n) is 5.68. The summed E-state index contributed by atoms with van der Waals surface area (Å²) in [7, 11) is 0. The van der Waals surface area contributed by atoms with E-state index in [1.165, 1.54) is 154 Å². The Labute approximate surface area is 367 Å². The fourth-order valence-corrected chi connectivity index (χ4v) is 5.68. The Morgan fingerprint density at radius 3 is 0.733 bits per heavy atom. The van der Waals surface area contributed by atoms with Gasteiger partial charge in [-0.1, -0.05) is 174 Å².